The summed E-state index contributed by atoms with van der Waals surface area (Å²) in [5.74, 6) is -3.05. The first kappa shape index (κ1) is 22.9. The van der Waals surface area contributed by atoms with Crippen molar-refractivity contribution in [2.45, 2.75) is 19.1 Å². The smallest absolute Gasteiger partial charge is 0.408 e. The van der Waals surface area contributed by atoms with Gasteiger partial charge in [-0.25, -0.2) is 8.78 Å². The number of nitrogens with zero attached hydrogens (tertiary/aromatic N) is 5. The normalized spacial score (nSPS) is 13.1. The van der Waals surface area contributed by atoms with Crippen LogP contribution in [0.3, 0.4) is 0 Å². The molecular formula is C18H18ClF5N6O. The molecule has 3 aromatic rings. The number of anilines is 1. The lowest BCUT2D eigenvalue weighted by Gasteiger charge is -2.22. The van der Waals surface area contributed by atoms with Gasteiger partial charge in [0.05, 0.1) is 11.1 Å². The topological polar surface area (TPSA) is 67.6 Å². The molecular weight excluding hydrogens is 447 g/mol. The van der Waals surface area contributed by atoms with Gasteiger partial charge in [-0.05, 0) is 33.2 Å². The fourth-order valence-corrected chi connectivity index (χ4v) is 2.93. The number of hydrogen-bond donors (Lipinski definition) is 1. The highest BCUT2D eigenvalue weighted by molar-refractivity contribution is 6.33. The third-order valence-electron chi connectivity index (χ3n) is 4.33. The lowest BCUT2D eigenvalue weighted by Crippen LogP contribution is -2.34. The zero-order valence-corrected chi connectivity index (χ0v) is 17.4. The molecule has 1 N–H and O–H groups in total. The van der Waals surface area contributed by atoms with Crippen molar-refractivity contribution < 1.29 is 26.7 Å². The Kier molecular flexibility index (Phi) is 6.51. The molecule has 0 bridgehead atoms. The number of hydrogen-bond acceptors (Lipinski definition) is 6. The minimum Gasteiger partial charge on any atom is -0.489 e. The van der Waals surface area contributed by atoms with Gasteiger partial charge in [0.2, 0.25) is 0 Å². The van der Waals surface area contributed by atoms with Crippen LogP contribution in [0.4, 0.5) is 27.8 Å². The largest absolute Gasteiger partial charge is 0.489 e. The van der Waals surface area contributed by atoms with Crippen LogP contribution in [0.1, 0.15) is 6.92 Å². The van der Waals surface area contributed by atoms with E-state index >= 15 is 4.39 Å². The Hall–Kier alpha value is -2.73. The average Bonchev–Trinajstić information content (AvgIpc) is 3.12. The summed E-state index contributed by atoms with van der Waals surface area (Å²) in [7, 11) is 3.57. The monoisotopic (exact) mass is 464 g/mol. The predicted octanol–water partition coefficient (Wildman–Crippen LogP) is 4.03. The van der Waals surface area contributed by atoms with Crippen molar-refractivity contribution in [2.24, 2.45) is 0 Å². The minimum absolute atomic E-state index is 0.0965. The van der Waals surface area contributed by atoms with E-state index in [-0.39, 0.29) is 18.1 Å². The van der Waals surface area contributed by atoms with Gasteiger partial charge in [0, 0.05) is 6.54 Å². The summed E-state index contributed by atoms with van der Waals surface area (Å²) in [6.07, 6.45) is -3.63. The Labute approximate surface area is 178 Å². The number of nitrogens with one attached hydrogen (secondary N) is 1. The van der Waals surface area contributed by atoms with Crippen molar-refractivity contribution in [1.29, 1.82) is 0 Å². The van der Waals surface area contributed by atoms with Gasteiger partial charge in [-0.3, -0.25) is 0 Å². The standard InChI is InChI=1S/C18H18ClF5N6O/c1-9(18(22,23)24)27-16-13(15(19)28-17-25-8-26-30(16)17)12-10(20)4-5-11(14(12)21)31-7-6-29(2)3/h4-5,8-9,27H,6-7H2,1-3H3/t9-/m0/s1. The quantitative estimate of drug-likeness (QED) is 0.421. The molecule has 0 saturated heterocycles. The maximum absolute atomic E-state index is 15.2. The maximum atomic E-state index is 15.2. The molecule has 7 nitrogen and oxygen atoms in total. The number of halogens is 6. The van der Waals surface area contributed by atoms with Gasteiger partial charge in [-0.15, -0.1) is 0 Å². The highest BCUT2D eigenvalue weighted by atomic mass is 35.5. The second-order valence-electron chi connectivity index (χ2n) is 6.89. The van der Waals surface area contributed by atoms with Crippen LogP contribution in [0.25, 0.3) is 16.9 Å². The summed E-state index contributed by atoms with van der Waals surface area (Å²) in [6.45, 7) is 1.39. The number of aromatic nitrogens is 4. The van der Waals surface area contributed by atoms with E-state index in [1.807, 2.05) is 0 Å². The number of fused-ring (bicyclic) bond motifs is 1. The van der Waals surface area contributed by atoms with Crippen LogP contribution in [0.2, 0.25) is 5.15 Å². The fourth-order valence-electron chi connectivity index (χ4n) is 2.67. The first-order chi connectivity index (χ1) is 14.5. The van der Waals surface area contributed by atoms with E-state index in [2.05, 4.69) is 20.4 Å². The molecule has 31 heavy (non-hydrogen) atoms. The maximum Gasteiger partial charge on any atom is 0.408 e. The molecule has 168 valence electrons. The molecule has 0 fully saturated rings. The first-order valence-electron chi connectivity index (χ1n) is 8.99. The van der Waals surface area contributed by atoms with Gasteiger partial charge in [-0.1, -0.05) is 11.6 Å². The molecule has 1 atom stereocenters. The van der Waals surface area contributed by atoms with Gasteiger partial charge in [-0.2, -0.15) is 32.8 Å². The lowest BCUT2D eigenvalue weighted by molar-refractivity contribution is -0.138. The summed E-state index contributed by atoms with van der Waals surface area (Å²) in [5.41, 5.74) is -1.14. The van der Waals surface area contributed by atoms with Crippen LogP contribution in [0.5, 0.6) is 5.75 Å². The molecule has 0 radical (unpaired) electrons. The molecule has 0 amide bonds. The van der Waals surface area contributed by atoms with Crippen molar-refractivity contribution in [2.75, 3.05) is 32.6 Å². The van der Waals surface area contributed by atoms with Crippen LogP contribution >= 0.6 is 11.6 Å². The third-order valence-corrected chi connectivity index (χ3v) is 4.60. The number of ether oxygens (including phenoxy) is 1. The molecule has 0 aliphatic carbocycles. The second-order valence-corrected chi connectivity index (χ2v) is 7.25. The van der Waals surface area contributed by atoms with Crippen LogP contribution in [-0.4, -0.2) is 63.9 Å². The molecule has 0 saturated carbocycles. The fraction of sp³-hybridized carbons (Fsp3) is 0.389. The number of alkyl halides is 3. The van der Waals surface area contributed by atoms with Crippen molar-refractivity contribution in [1.82, 2.24) is 24.5 Å². The average molecular weight is 465 g/mol. The van der Waals surface area contributed by atoms with Crippen molar-refractivity contribution in [3.63, 3.8) is 0 Å². The second kappa shape index (κ2) is 8.79. The highest BCUT2D eigenvalue weighted by Crippen LogP contribution is 2.40. The Bertz CT molecular complexity index is 1090. The summed E-state index contributed by atoms with van der Waals surface area (Å²) >= 11 is 6.15. The molecule has 2 aromatic heterocycles. The Morgan fingerprint density at radius 2 is 1.94 bits per heavy atom. The van der Waals surface area contributed by atoms with E-state index < -0.39 is 46.0 Å². The predicted molar refractivity (Wildman–Crippen MR) is 104 cm³/mol. The van der Waals surface area contributed by atoms with E-state index in [0.29, 0.717) is 6.54 Å². The first-order valence-corrected chi connectivity index (χ1v) is 9.37. The lowest BCUT2D eigenvalue weighted by atomic mass is 10.1. The summed E-state index contributed by atoms with van der Waals surface area (Å²) < 4.78 is 75.8. The van der Waals surface area contributed by atoms with Crippen LogP contribution in [0, 0.1) is 11.6 Å². The van der Waals surface area contributed by atoms with Gasteiger partial charge in [0.25, 0.3) is 5.78 Å². The highest BCUT2D eigenvalue weighted by Gasteiger charge is 2.38. The Morgan fingerprint density at radius 1 is 1.23 bits per heavy atom. The molecule has 0 aliphatic heterocycles. The molecule has 0 unspecified atom stereocenters. The molecule has 2 heterocycles. The zero-order valence-electron chi connectivity index (χ0n) is 16.6. The van der Waals surface area contributed by atoms with E-state index in [9.17, 15) is 17.6 Å². The molecule has 0 spiro atoms. The molecule has 13 heteroatoms. The van der Waals surface area contributed by atoms with Gasteiger partial charge < -0.3 is 15.0 Å². The van der Waals surface area contributed by atoms with Crippen LogP contribution < -0.4 is 10.1 Å². The number of benzene rings is 1. The zero-order chi connectivity index (χ0) is 22.9. The number of likely N-dealkylation sites (N-methyl/N-ethyl adjacent to an activating group) is 1. The van der Waals surface area contributed by atoms with Crippen molar-refractivity contribution in [3.05, 3.63) is 35.2 Å². The van der Waals surface area contributed by atoms with Crippen molar-refractivity contribution >= 4 is 23.2 Å². The van der Waals surface area contributed by atoms with Crippen LogP contribution in [0.15, 0.2) is 18.5 Å². The van der Waals surface area contributed by atoms with Gasteiger partial charge >= 0.3 is 6.18 Å². The van der Waals surface area contributed by atoms with E-state index in [0.717, 1.165) is 29.9 Å². The van der Waals surface area contributed by atoms with E-state index in [1.165, 1.54) is 0 Å². The molecule has 1 aromatic carbocycles. The Morgan fingerprint density at radius 3 is 2.58 bits per heavy atom. The van der Waals surface area contributed by atoms with Gasteiger partial charge in [0.15, 0.2) is 11.6 Å². The number of rotatable bonds is 7. The van der Waals surface area contributed by atoms with E-state index in [4.69, 9.17) is 16.3 Å². The summed E-state index contributed by atoms with van der Waals surface area (Å²) in [4.78, 5) is 9.47. The summed E-state index contributed by atoms with van der Waals surface area (Å²) in [5, 5.41) is 5.53. The summed E-state index contributed by atoms with van der Waals surface area (Å²) in [6, 6.07) is -0.0740. The minimum atomic E-state index is -4.66. The Balaban J connectivity index is 2.18. The van der Waals surface area contributed by atoms with Gasteiger partial charge in [0.1, 0.15) is 35.8 Å². The van der Waals surface area contributed by atoms with Crippen LogP contribution in [-0.2, 0) is 0 Å². The van der Waals surface area contributed by atoms with Crippen molar-refractivity contribution in [3.8, 4) is 16.9 Å². The van der Waals surface area contributed by atoms with E-state index in [1.54, 1.807) is 19.0 Å². The molecule has 0 aliphatic rings. The SMILES string of the molecule is C[C@H](Nc1c(-c2c(F)ccc(OCCN(C)C)c2F)c(Cl)nc2ncnn12)C(F)(F)F. The molecule has 3 rings (SSSR count). The third kappa shape index (κ3) is 4.79.